The lowest BCUT2D eigenvalue weighted by Crippen LogP contribution is -2.27. The van der Waals surface area contributed by atoms with Crippen LogP contribution in [0.1, 0.15) is 303 Å². The van der Waals surface area contributed by atoms with Crippen LogP contribution in [0.5, 0.6) is 0 Å². The van der Waals surface area contributed by atoms with Crippen LogP contribution in [0.3, 0.4) is 0 Å². The summed E-state index contributed by atoms with van der Waals surface area (Å²) < 4.78 is 27.1. The number of unbranched alkanes of at least 4 members (excludes halogenated alkanes) is 40. The van der Waals surface area contributed by atoms with E-state index in [2.05, 4.69) is 31.3 Å². The average Bonchev–Trinajstić information content (AvgIpc) is 3.31. The predicted molar refractivity (Wildman–Crippen MR) is 280 cm³/mol. The molecule has 0 spiro atoms. The maximum Gasteiger partial charge on any atom is 0.472 e. The van der Waals surface area contributed by atoms with Gasteiger partial charge in [0, 0.05) is 19.4 Å². The van der Waals surface area contributed by atoms with Crippen molar-refractivity contribution in [1.29, 1.82) is 0 Å². The molecule has 0 rings (SSSR count). The van der Waals surface area contributed by atoms with E-state index in [1.807, 2.05) is 0 Å². The number of hydrogen-bond donors (Lipinski definition) is 3. The van der Waals surface area contributed by atoms with Gasteiger partial charge in [-0.3, -0.25) is 18.6 Å². The monoisotopic (exact) mass is 956 g/mol. The summed E-state index contributed by atoms with van der Waals surface area (Å²) in [6, 6.07) is 0. The van der Waals surface area contributed by atoms with E-state index in [0.717, 1.165) is 38.5 Å². The number of phosphoric acid groups is 1. The molecule has 0 aliphatic heterocycles. The van der Waals surface area contributed by atoms with Gasteiger partial charge in [0.05, 0.1) is 13.2 Å². The van der Waals surface area contributed by atoms with Crippen LogP contribution >= 0.6 is 7.82 Å². The minimum atomic E-state index is -4.42. The van der Waals surface area contributed by atoms with Gasteiger partial charge in [-0.15, -0.1) is 0 Å². The first-order valence-corrected chi connectivity index (χ1v) is 30.2. The Kier molecular flexibility index (Phi) is 52.1. The number of allylic oxidation sites excluding steroid dienone is 2. The molecule has 0 aliphatic carbocycles. The zero-order valence-electron chi connectivity index (χ0n) is 43.7. The molecule has 1 amide bonds. The number of carbonyl (C=O) groups excluding carboxylic acids is 2. The first-order valence-electron chi connectivity index (χ1n) is 28.7. The Balaban J connectivity index is 3.48. The molecule has 0 saturated carbocycles. The largest absolute Gasteiger partial charge is 0.472 e. The number of ether oxygens (including phenoxy) is 1. The lowest BCUT2D eigenvalue weighted by molar-refractivity contribution is -0.147. The fourth-order valence-corrected chi connectivity index (χ4v) is 9.37. The lowest BCUT2D eigenvalue weighted by atomic mass is 10.0. The van der Waals surface area contributed by atoms with E-state index < -0.39 is 26.5 Å². The molecule has 2 unspecified atom stereocenters. The third-order valence-electron chi connectivity index (χ3n) is 12.9. The molecule has 0 aromatic rings. The molecule has 0 aromatic carbocycles. The van der Waals surface area contributed by atoms with Crippen LogP contribution in [0, 0.1) is 0 Å². The number of amides is 1. The van der Waals surface area contributed by atoms with Crippen LogP contribution in [0.4, 0.5) is 0 Å². The van der Waals surface area contributed by atoms with Crippen molar-refractivity contribution >= 4 is 19.7 Å². The van der Waals surface area contributed by atoms with Crippen molar-refractivity contribution in [2.24, 2.45) is 0 Å². The second-order valence-electron chi connectivity index (χ2n) is 19.6. The number of carbonyl (C=O) groups is 2. The van der Waals surface area contributed by atoms with Gasteiger partial charge in [-0.05, 0) is 38.5 Å². The number of aliphatic hydroxyl groups is 1. The SMILES string of the molecule is CCCCCCCC/C=C/CCCCCCCCCCCCCC(=O)NCCOP(=O)(O)OCC(O)COC(=O)CCCCCCCCCCCCCCCCCCCCCCCCCC. The maximum absolute atomic E-state index is 12.2. The quantitative estimate of drug-likeness (QED) is 0.0238. The van der Waals surface area contributed by atoms with Gasteiger partial charge in [0.25, 0.3) is 0 Å². The Labute approximate surface area is 408 Å². The van der Waals surface area contributed by atoms with Crippen LogP contribution in [-0.2, 0) is 27.9 Å². The van der Waals surface area contributed by atoms with Crippen molar-refractivity contribution in [2.45, 2.75) is 309 Å². The van der Waals surface area contributed by atoms with Gasteiger partial charge < -0.3 is 20.1 Å². The summed E-state index contributed by atoms with van der Waals surface area (Å²) in [6.45, 7) is 3.62. The third kappa shape index (κ3) is 53.7. The third-order valence-corrected chi connectivity index (χ3v) is 13.9. The fraction of sp³-hybridized carbons (Fsp3) is 0.929. The van der Waals surface area contributed by atoms with Gasteiger partial charge in [0.2, 0.25) is 5.91 Å². The highest BCUT2D eigenvalue weighted by molar-refractivity contribution is 7.47. The number of phosphoric ester groups is 1. The number of esters is 1. The first-order chi connectivity index (χ1) is 32.3. The molecule has 0 aromatic heterocycles. The van der Waals surface area contributed by atoms with Crippen LogP contribution in [0.2, 0.25) is 0 Å². The summed E-state index contributed by atoms with van der Waals surface area (Å²) in [6.07, 6.45) is 60.3. The van der Waals surface area contributed by atoms with Crippen LogP contribution < -0.4 is 5.32 Å². The van der Waals surface area contributed by atoms with Crippen LogP contribution in [0.25, 0.3) is 0 Å². The molecule has 0 fully saturated rings. The molecular weight excluding hydrogens is 846 g/mol. The van der Waals surface area contributed by atoms with Gasteiger partial charge in [-0.1, -0.05) is 264 Å². The zero-order chi connectivity index (χ0) is 48.1. The minimum absolute atomic E-state index is 0.0858. The van der Waals surface area contributed by atoms with Crippen molar-refractivity contribution in [3.05, 3.63) is 12.2 Å². The Hall–Kier alpha value is -1.25. The van der Waals surface area contributed by atoms with E-state index in [-0.39, 0.29) is 25.7 Å². The predicted octanol–water partition coefficient (Wildman–Crippen LogP) is 17.3. The second-order valence-corrected chi connectivity index (χ2v) is 21.1. The smallest absolute Gasteiger partial charge is 0.463 e. The molecule has 0 aliphatic rings. The summed E-state index contributed by atoms with van der Waals surface area (Å²) >= 11 is 0. The summed E-state index contributed by atoms with van der Waals surface area (Å²) in [7, 11) is -4.42. The van der Waals surface area contributed by atoms with E-state index >= 15 is 0 Å². The summed E-state index contributed by atoms with van der Waals surface area (Å²) in [5.41, 5.74) is 0. The fourth-order valence-electron chi connectivity index (χ4n) is 8.62. The topological polar surface area (TPSA) is 131 Å². The van der Waals surface area contributed by atoms with Crippen LogP contribution in [-0.4, -0.2) is 54.3 Å². The molecule has 3 N–H and O–H groups in total. The van der Waals surface area contributed by atoms with E-state index in [0.29, 0.717) is 12.8 Å². The van der Waals surface area contributed by atoms with Crippen molar-refractivity contribution in [2.75, 3.05) is 26.4 Å². The zero-order valence-corrected chi connectivity index (χ0v) is 44.6. The van der Waals surface area contributed by atoms with E-state index in [4.69, 9.17) is 13.8 Å². The number of rotatable bonds is 55. The molecule has 2 atom stereocenters. The summed E-state index contributed by atoms with van der Waals surface area (Å²) in [5.74, 6) is -0.500. The van der Waals surface area contributed by atoms with Crippen LogP contribution in [0.15, 0.2) is 12.2 Å². The van der Waals surface area contributed by atoms with Crippen molar-refractivity contribution in [3.8, 4) is 0 Å². The highest BCUT2D eigenvalue weighted by Crippen LogP contribution is 2.43. The van der Waals surface area contributed by atoms with Crippen molar-refractivity contribution < 1.29 is 37.9 Å². The van der Waals surface area contributed by atoms with E-state index in [1.54, 1.807) is 0 Å². The van der Waals surface area contributed by atoms with Gasteiger partial charge in [-0.25, -0.2) is 4.57 Å². The number of aliphatic hydroxyl groups excluding tert-OH is 1. The Morgan fingerprint density at radius 3 is 1.14 bits per heavy atom. The molecular formula is C56H110NO8P. The minimum Gasteiger partial charge on any atom is -0.463 e. The molecule has 0 radical (unpaired) electrons. The molecule has 10 heteroatoms. The molecule has 0 bridgehead atoms. The van der Waals surface area contributed by atoms with Crippen molar-refractivity contribution in [1.82, 2.24) is 5.32 Å². The standard InChI is InChI=1S/C56H110NO8P/c1-3-5-7-9-11-13-15-17-19-21-23-25-26-27-29-31-33-35-37-39-41-43-45-47-49-56(60)63-52-54(58)53-65-66(61,62)64-51-50-57-55(59)48-46-44-42-40-38-36-34-32-30-28-24-22-20-18-16-14-12-10-8-6-4-2/h18,20,54,58H,3-17,19,21-53H2,1-2H3,(H,57,59)(H,61,62)/b20-18+. The van der Waals surface area contributed by atoms with E-state index in [1.165, 1.54) is 238 Å². The second kappa shape index (κ2) is 53.1. The molecule has 392 valence electrons. The Morgan fingerprint density at radius 1 is 0.455 bits per heavy atom. The number of nitrogens with one attached hydrogen (secondary N) is 1. The Morgan fingerprint density at radius 2 is 0.773 bits per heavy atom. The highest BCUT2D eigenvalue weighted by atomic mass is 31.2. The van der Waals surface area contributed by atoms with Crippen molar-refractivity contribution in [3.63, 3.8) is 0 Å². The Bertz CT molecular complexity index is 1090. The van der Waals surface area contributed by atoms with Gasteiger partial charge >= 0.3 is 13.8 Å². The van der Waals surface area contributed by atoms with Gasteiger partial charge in [-0.2, -0.15) is 0 Å². The first kappa shape index (κ1) is 64.8. The number of hydrogen-bond acceptors (Lipinski definition) is 7. The molecule has 9 nitrogen and oxygen atoms in total. The summed E-state index contributed by atoms with van der Waals surface area (Å²) in [5, 5.41) is 12.8. The maximum atomic E-state index is 12.2. The molecule has 0 heterocycles. The summed E-state index contributed by atoms with van der Waals surface area (Å²) in [4.78, 5) is 34.2. The van der Waals surface area contributed by atoms with E-state index in [9.17, 15) is 24.2 Å². The average molecular weight is 956 g/mol. The lowest BCUT2D eigenvalue weighted by Gasteiger charge is -2.15. The normalized spacial score (nSPS) is 13.1. The van der Waals surface area contributed by atoms with Gasteiger partial charge in [0.15, 0.2) is 0 Å². The molecule has 0 saturated heterocycles. The highest BCUT2D eigenvalue weighted by Gasteiger charge is 2.23. The molecule has 66 heavy (non-hydrogen) atoms. The van der Waals surface area contributed by atoms with Gasteiger partial charge in [0.1, 0.15) is 12.7 Å².